The van der Waals surface area contributed by atoms with E-state index in [2.05, 4.69) is 24.4 Å². The Morgan fingerprint density at radius 1 is 1.26 bits per heavy atom. The Morgan fingerprint density at radius 2 is 2.00 bits per heavy atom. The maximum Gasteiger partial charge on any atom is 0.123 e. The van der Waals surface area contributed by atoms with Crippen molar-refractivity contribution < 1.29 is 9.47 Å². The lowest BCUT2D eigenvalue weighted by molar-refractivity contribution is -0.0838. The van der Waals surface area contributed by atoms with Gasteiger partial charge < -0.3 is 14.8 Å². The van der Waals surface area contributed by atoms with Gasteiger partial charge in [0.25, 0.3) is 0 Å². The van der Waals surface area contributed by atoms with Gasteiger partial charge in [-0.15, -0.1) is 0 Å². The van der Waals surface area contributed by atoms with Crippen LogP contribution in [0.15, 0.2) is 24.3 Å². The minimum atomic E-state index is 0.0632. The molecule has 0 bridgehead atoms. The Bertz CT molecular complexity index is 396. The number of benzene rings is 1. The highest BCUT2D eigenvalue weighted by atomic mass is 16.5. The van der Waals surface area contributed by atoms with E-state index in [9.17, 15) is 0 Å². The standard InChI is InChI=1S/C16H25NO2/c1-4-17-14(12-16(19-3)10-7-11-16)13-8-5-6-9-15(13)18-2/h5-6,8-9,14,17H,4,7,10-12H2,1-3H3. The summed E-state index contributed by atoms with van der Waals surface area (Å²) >= 11 is 0. The molecule has 1 atom stereocenters. The van der Waals surface area contributed by atoms with Crippen LogP contribution in [0.4, 0.5) is 0 Å². The van der Waals surface area contributed by atoms with Crippen molar-refractivity contribution in [2.24, 2.45) is 0 Å². The summed E-state index contributed by atoms with van der Waals surface area (Å²) < 4.78 is 11.3. The van der Waals surface area contributed by atoms with Crippen molar-refractivity contribution in [2.45, 2.75) is 44.2 Å². The lowest BCUT2D eigenvalue weighted by Gasteiger charge is -2.43. The Morgan fingerprint density at radius 3 is 2.53 bits per heavy atom. The van der Waals surface area contributed by atoms with Gasteiger partial charge in [0.05, 0.1) is 12.7 Å². The summed E-state index contributed by atoms with van der Waals surface area (Å²) in [5.74, 6) is 0.957. The molecule has 1 aliphatic rings. The van der Waals surface area contributed by atoms with Gasteiger partial charge in [-0.1, -0.05) is 25.1 Å². The molecule has 19 heavy (non-hydrogen) atoms. The molecule has 0 heterocycles. The van der Waals surface area contributed by atoms with E-state index in [1.54, 1.807) is 7.11 Å². The zero-order valence-corrected chi connectivity index (χ0v) is 12.2. The van der Waals surface area contributed by atoms with Gasteiger partial charge in [-0.05, 0) is 38.3 Å². The van der Waals surface area contributed by atoms with Crippen LogP contribution in [0.2, 0.25) is 0 Å². The average molecular weight is 263 g/mol. The second kappa shape index (κ2) is 6.40. The van der Waals surface area contributed by atoms with Crippen LogP contribution in [0, 0.1) is 0 Å². The van der Waals surface area contributed by atoms with Crippen molar-refractivity contribution in [3.63, 3.8) is 0 Å². The number of ether oxygens (including phenoxy) is 2. The fraction of sp³-hybridized carbons (Fsp3) is 0.625. The molecule has 3 nitrogen and oxygen atoms in total. The topological polar surface area (TPSA) is 30.5 Å². The smallest absolute Gasteiger partial charge is 0.123 e. The Balaban J connectivity index is 2.19. The van der Waals surface area contributed by atoms with Gasteiger partial charge in [0.2, 0.25) is 0 Å². The predicted octanol–water partition coefficient (Wildman–Crippen LogP) is 3.31. The number of para-hydroxylation sites is 1. The van der Waals surface area contributed by atoms with E-state index in [-0.39, 0.29) is 5.60 Å². The number of hydrogen-bond acceptors (Lipinski definition) is 3. The molecule has 0 radical (unpaired) electrons. The molecule has 0 spiro atoms. The highest BCUT2D eigenvalue weighted by molar-refractivity contribution is 5.36. The third-order valence-corrected chi connectivity index (χ3v) is 4.24. The largest absolute Gasteiger partial charge is 0.496 e. The quantitative estimate of drug-likeness (QED) is 0.818. The van der Waals surface area contributed by atoms with Crippen LogP contribution in [0.5, 0.6) is 5.75 Å². The minimum Gasteiger partial charge on any atom is -0.496 e. The van der Waals surface area contributed by atoms with Gasteiger partial charge in [-0.2, -0.15) is 0 Å². The summed E-state index contributed by atoms with van der Waals surface area (Å²) in [5, 5.41) is 3.57. The van der Waals surface area contributed by atoms with Crippen molar-refractivity contribution in [3.8, 4) is 5.75 Å². The van der Waals surface area contributed by atoms with Gasteiger partial charge in [-0.25, -0.2) is 0 Å². The second-order valence-electron chi connectivity index (χ2n) is 5.30. The molecular weight excluding hydrogens is 238 g/mol. The van der Waals surface area contributed by atoms with Crippen LogP contribution >= 0.6 is 0 Å². The van der Waals surface area contributed by atoms with Gasteiger partial charge in [0.1, 0.15) is 5.75 Å². The first-order chi connectivity index (χ1) is 9.24. The summed E-state index contributed by atoms with van der Waals surface area (Å²) in [6, 6.07) is 8.55. The molecule has 3 heteroatoms. The fourth-order valence-corrected chi connectivity index (χ4v) is 2.93. The van der Waals surface area contributed by atoms with E-state index in [4.69, 9.17) is 9.47 Å². The van der Waals surface area contributed by atoms with E-state index in [0.29, 0.717) is 6.04 Å². The van der Waals surface area contributed by atoms with Crippen molar-refractivity contribution in [2.75, 3.05) is 20.8 Å². The Kier molecular flexibility index (Phi) is 4.83. The molecular formula is C16H25NO2. The van der Waals surface area contributed by atoms with Crippen LogP contribution in [-0.2, 0) is 4.74 Å². The summed E-state index contributed by atoms with van der Waals surface area (Å²) in [7, 11) is 3.57. The van der Waals surface area contributed by atoms with Gasteiger partial charge in [-0.3, -0.25) is 0 Å². The van der Waals surface area contributed by atoms with E-state index >= 15 is 0 Å². The number of methoxy groups -OCH3 is 2. The molecule has 1 unspecified atom stereocenters. The first-order valence-corrected chi connectivity index (χ1v) is 7.16. The highest BCUT2D eigenvalue weighted by Gasteiger charge is 2.39. The number of nitrogens with one attached hydrogen (secondary N) is 1. The second-order valence-corrected chi connectivity index (χ2v) is 5.30. The normalized spacial score (nSPS) is 18.7. The number of rotatable bonds is 7. The molecule has 106 valence electrons. The average Bonchev–Trinajstić information content (AvgIpc) is 2.41. The van der Waals surface area contributed by atoms with Gasteiger partial charge >= 0.3 is 0 Å². The highest BCUT2D eigenvalue weighted by Crippen LogP contribution is 2.43. The van der Waals surface area contributed by atoms with Crippen LogP contribution in [0.25, 0.3) is 0 Å². The zero-order valence-electron chi connectivity index (χ0n) is 12.2. The van der Waals surface area contributed by atoms with Crippen LogP contribution < -0.4 is 10.1 Å². The molecule has 0 aliphatic heterocycles. The maximum atomic E-state index is 5.76. The Labute approximate surface area is 116 Å². The molecule has 1 aliphatic carbocycles. The molecule has 0 aromatic heterocycles. The predicted molar refractivity (Wildman–Crippen MR) is 77.6 cm³/mol. The Hall–Kier alpha value is -1.06. The third-order valence-electron chi connectivity index (χ3n) is 4.24. The van der Waals surface area contributed by atoms with Crippen molar-refractivity contribution in [3.05, 3.63) is 29.8 Å². The minimum absolute atomic E-state index is 0.0632. The lowest BCUT2D eigenvalue weighted by Crippen LogP contribution is -2.42. The third kappa shape index (κ3) is 3.10. The molecule has 1 fully saturated rings. The molecule has 1 aromatic carbocycles. The summed E-state index contributed by atoms with van der Waals surface area (Å²) in [4.78, 5) is 0. The van der Waals surface area contributed by atoms with E-state index in [0.717, 1.165) is 18.7 Å². The number of hydrogen-bond donors (Lipinski definition) is 1. The van der Waals surface area contributed by atoms with E-state index in [1.165, 1.54) is 24.8 Å². The molecule has 1 aromatic rings. The van der Waals surface area contributed by atoms with E-state index < -0.39 is 0 Å². The molecule has 1 N–H and O–H groups in total. The summed E-state index contributed by atoms with van der Waals surface area (Å²) in [5.41, 5.74) is 1.29. The first-order valence-electron chi connectivity index (χ1n) is 7.16. The maximum absolute atomic E-state index is 5.76. The van der Waals surface area contributed by atoms with Crippen molar-refractivity contribution >= 4 is 0 Å². The lowest BCUT2D eigenvalue weighted by atomic mass is 9.74. The van der Waals surface area contributed by atoms with Crippen LogP contribution in [0.1, 0.15) is 44.2 Å². The van der Waals surface area contributed by atoms with Crippen molar-refractivity contribution in [1.29, 1.82) is 0 Å². The molecule has 0 amide bonds. The van der Waals surface area contributed by atoms with Gasteiger partial charge in [0.15, 0.2) is 0 Å². The fourth-order valence-electron chi connectivity index (χ4n) is 2.93. The zero-order chi connectivity index (χ0) is 13.7. The summed E-state index contributed by atoms with van der Waals surface area (Å²) in [6.07, 6.45) is 4.62. The summed E-state index contributed by atoms with van der Waals surface area (Å²) in [6.45, 7) is 3.09. The molecule has 2 rings (SSSR count). The molecule has 1 saturated carbocycles. The SMILES string of the molecule is CCNC(CC1(OC)CCC1)c1ccccc1OC. The van der Waals surface area contributed by atoms with E-state index in [1.807, 2.05) is 19.2 Å². The van der Waals surface area contributed by atoms with Crippen LogP contribution in [0.3, 0.4) is 0 Å². The van der Waals surface area contributed by atoms with Crippen LogP contribution in [-0.4, -0.2) is 26.4 Å². The van der Waals surface area contributed by atoms with Gasteiger partial charge in [0, 0.05) is 18.7 Å². The van der Waals surface area contributed by atoms with Crippen molar-refractivity contribution in [1.82, 2.24) is 5.32 Å². The monoisotopic (exact) mass is 263 g/mol. The first kappa shape index (κ1) is 14.4. The molecule has 0 saturated heterocycles.